The summed E-state index contributed by atoms with van der Waals surface area (Å²) in [5.74, 6) is -1.96. The van der Waals surface area contributed by atoms with Crippen molar-refractivity contribution in [2.45, 2.75) is 49.2 Å². The molecule has 0 spiro atoms. The molecule has 12 nitrogen and oxygen atoms in total. The van der Waals surface area contributed by atoms with Gasteiger partial charge in [0.15, 0.2) is 27.2 Å². The third-order valence-electron chi connectivity index (χ3n) is 6.58. The minimum Gasteiger partial charge on any atom is -0.479 e. The summed E-state index contributed by atoms with van der Waals surface area (Å²) in [6.45, 7) is 1.45. The van der Waals surface area contributed by atoms with Gasteiger partial charge in [0.2, 0.25) is 18.2 Å². The molecule has 4 rings (SSSR count). The Bertz CT molecular complexity index is 1350. The minimum atomic E-state index is -4.02. The number of nitrogens with zero attached hydrogens (tertiary/aromatic N) is 7. The first kappa shape index (κ1) is 28.0. The SMILES string of the molecule is COc1ncnc(OC)c1-n1c(CS(=O)(=O)[C@@H](C)[C@H](OC)c2ncc(Cl)cn2)nnc1[C@@H]1CC[C@H]1C(F)F. The maximum Gasteiger partial charge on any atom is 0.245 e. The first-order valence-electron chi connectivity index (χ1n) is 11.5. The number of sulfone groups is 1. The Morgan fingerprint density at radius 3 is 2.18 bits per heavy atom. The smallest absolute Gasteiger partial charge is 0.245 e. The van der Waals surface area contributed by atoms with Gasteiger partial charge in [0.05, 0.1) is 24.5 Å². The van der Waals surface area contributed by atoms with Crippen molar-refractivity contribution >= 4 is 21.4 Å². The van der Waals surface area contributed by atoms with E-state index in [1.807, 2.05) is 0 Å². The fraction of sp³-hybridized carbons (Fsp3) is 0.545. The Kier molecular flexibility index (Phi) is 8.37. The molecule has 1 aliphatic carbocycles. The lowest BCUT2D eigenvalue weighted by Crippen LogP contribution is -2.33. The summed E-state index contributed by atoms with van der Waals surface area (Å²) in [6.07, 6.45) is 0.999. The van der Waals surface area contributed by atoms with E-state index in [4.69, 9.17) is 25.8 Å². The molecule has 1 fully saturated rings. The Morgan fingerprint density at radius 2 is 1.68 bits per heavy atom. The average molecular weight is 574 g/mol. The summed E-state index contributed by atoms with van der Waals surface area (Å²) in [4.78, 5) is 16.3. The van der Waals surface area contributed by atoms with Gasteiger partial charge in [-0.2, -0.15) is 9.97 Å². The molecule has 0 radical (unpaired) electrons. The lowest BCUT2D eigenvalue weighted by atomic mass is 9.73. The molecule has 16 heteroatoms. The van der Waals surface area contributed by atoms with Crippen LogP contribution in [0, 0.1) is 5.92 Å². The van der Waals surface area contributed by atoms with Crippen molar-refractivity contribution in [2.24, 2.45) is 5.92 Å². The van der Waals surface area contributed by atoms with Gasteiger partial charge in [-0.05, 0) is 19.8 Å². The molecule has 0 aromatic carbocycles. The van der Waals surface area contributed by atoms with Crippen molar-refractivity contribution in [3.63, 3.8) is 0 Å². The summed E-state index contributed by atoms with van der Waals surface area (Å²) >= 11 is 5.86. The normalized spacial score (nSPS) is 19.2. The van der Waals surface area contributed by atoms with Gasteiger partial charge in [-0.3, -0.25) is 4.57 Å². The Morgan fingerprint density at radius 1 is 1.05 bits per heavy atom. The van der Waals surface area contributed by atoms with Gasteiger partial charge in [0.25, 0.3) is 0 Å². The van der Waals surface area contributed by atoms with E-state index >= 15 is 0 Å². The van der Waals surface area contributed by atoms with Crippen LogP contribution in [0.25, 0.3) is 5.69 Å². The topological polar surface area (TPSA) is 144 Å². The molecule has 0 unspecified atom stereocenters. The minimum absolute atomic E-state index is 0.0295. The van der Waals surface area contributed by atoms with E-state index in [1.54, 1.807) is 0 Å². The molecular weight excluding hydrogens is 548 g/mol. The number of ether oxygens (including phenoxy) is 3. The summed E-state index contributed by atoms with van der Waals surface area (Å²) in [6, 6.07) is 0. The molecule has 0 aliphatic heterocycles. The molecule has 0 N–H and O–H groups in total. The molecule has 0 saturated heterocycles. The highest BCUT2D eigenvalue weighted by molar-refractivity contribution is 7.91. The molecular formula is C22H26ClF2N7O5S. The van der Waals surface area contributed by atoms with E-state index in [-0.39, 0.29) is 39.9 Å². The second kappa shape index (κ2) is 11.4. The van der Waals surface area contributed by atoms with Crippen LogP contribution in [-0.2, 0) is 20.3 Å². The molecule has 1 saturated carbocycles. The maximum absolute atomic E-state index is 13.7. The standard InChI is InChI=1S/C22H26ClF2N7O5S/c1-11(17(35-2)19-26-7-12(23)8-27-19)38(33,34)9-15-30-31-20(14-6-5-13(14)18(24)25)32(15)16-21(36-3)28-10-29-22(16)37-4/h7-8,10-11,13-14,17-18H,5-6,9H2,1-4H3/t11-,13+,14+,17-/m0/s1. The highest BCUT2D eigenvalue weighted by Crippen LogP contribution is 2.47. The van der Waals surface area contributed by atoms with Crippen LogP contribution in [0.3, 0.4) is 0 Å². The van der Waals surface area contributed by atoms with Crippen molar-refractivity contribution in [3.8, 4) is 17.4 Å². The zero-order valence-electron chi connectivity index (χ0n) is 21.0. The van der Waals surface area contributed by atoms with Crippen LogP contribution < -0.4 is 9.47 Å². The van der Waals surface area contributed by atoms with Gasteiger partial charge >= 0.3 is 0 Å². The average Bonchev–Trinajstić information content (AvgIpc) is 3.25. The van der Waals surface area contributed by atoms with E-state index in [1.165, 1.54) is 51.5 Å². The van der Waals surface area contributed by atoms with E-state index < -0.39 is 45.2 Å². The van der Waals surface area contributed by atoms with Crippen LogP contribution in [0.15, 0.2) is 18.7 Å². The van der Waals surface area contributed by atoms with Crippen molar-refractivity contribution in [3.05, 3.63) is 41.2 Å². The predicted octanol–water partition coefficient (Wildman–Crippen LogP) is 2.97. The third-order valence-corrected chi connectivity index (χ3v) is 8.81. The fourth-order valence-corrected chi connectivity index (χ4v) is 5.89. The number of halogens is 3. The Labute approximate surface area is 222 Å². The first-order valence-corrected chi connectivity index (χ1v) is 13.6. The van der Waals surface area contributed by atoms with Crippen LogP contribution in [0.1, 0.15) is 49.3 Å². The van der Waals surface area contributed by atoms with Crippen LogP contribution >= 0.6 is 11.6 Å². The number of rotatable bonds is 11. The number of hydrogen-bond donors (Lipinski definition) is 0. The number of alkyl halides is 2. The monoisotopic (exact) mass is 573 g/mol. The summed E-state index contributed by atoms with van der Waals surface area (Å²) < 4.78 is 72.1. The van der Waals surface area contributed by atoms with Gasteiger partial charge in [-0.25, -0.2) is 27.2 Å². The number of methoxy groups -OCH3 is 3. The third kappa shape index (κ3) is 5.27. The van der Waals surface area contributed by atoms with E-state index in [2.05, 4.69) is 30.1 Å². The molecule has 4 atom stereocenters. The lowest BCUT2D eigenvalue weighted by Gasteiger charge is -2.35. The molecule has 0 bridgehead atoms. The predicted molar refractivity (Wildman–Crippen MR) is 130 cm³/mol. The number of aromatic nitrogens is 7. The Hall–Kier alpha value is -3.04. The highest BCUT2D eigenvalue weighted by atomic mass is 35.5. The maximum atomic E-state index is 13.7. The number of hydrogen-bond acceptors (Lipinski definition) is 11. The quantitative estimate of drug-likeness (QED) is 0.334. The van der Waals surface area contributed by atoms with Crippen molar-refractivity contribution in [2.75, 3.05) is 21.3 Å². The van der Waals surface area contributed by atoms with E-state index in [9.17, 15) is 17.2 Å². The van der Waals surface area contributed by atoms with E-state index in [0.717, 1.165) is 0 Å². The molecule has 0 amide bonds. The van der Waals surface area contributed by atoms with Gasteiger partial charge in [0, 0.05) is 31.3 Å². The first-order chi connectivity index (χ1) is 18.1. The Balaban J connectivity index is 1.79. The van der Waals surface area contributed by atoms with Crippen molar-refractivity contribution in [1.29, 1.82) is 0 Å². The van der Waals surface area contributed by atoms with Gasteiger partial charge < -0.3 is 14.2 Å². The summed E-state index contributed by atoms with van der Waals surface area (Å²) in [5, 5.41) is 7.42. The van der Waals surface area contributed by atoms with Crippen LogP contribution in [0.2, 0.25) is 5.02 Å². The van der Waals surface area contributed by atoms with Gasteiger partial charge in [-0.15, -0.1) is 10.2 Å². The van der Waals surface area contributed by atoms with Gasteiger partial charge in [-0.1, -0.05) is 11.6 Å². The highest BCUT2D eigenvalue weighted by Gasteiger charge is 2.43. The van der Waals surface area contributed by atoms with Crippen LogP contribution in [0.5, 0.6) is 11.8 Å². The fourth-order valence-electron chi connectivity index (χ4n) is 4.37. The largest absolute Gasteiger partial charge is 0.479 e. The summed E-state index contributed by atoms with van der Waals surface area (Å²) in [5.41, 5.74) is 0.111. The summed E-state index contributed by atoms with van der Waals surface area (Å²) in [7, 11) is 0.0363. The zero-order chi connectivity index (χ0) is 27.6. The van der Waals surface area contributed by atoms with Crippen LogP contribution in [0.4, 0.5) is 8.78 Å². The second-order valence-corrected chi connectivity index (χ2v) is 11.5. The van der Waals surface area contributed by atoms with Gasteiger partial charge in [0.1, 0.15) is 24.0 Å². The molecule has 3 heterocycles. The van der Waals surface area contributed by atoms with E-state index in [0.29, 0.717) is 12.8 Å². The van der Waals surface area contributed by atoms with Crippen molar-refractivity contribution < 1.29 is 31.4 Å². The molecule has 38 heavy (non-hydrogen) atoms. The molecule has 3 aromatic heterocycles. The van der Waals surface area contributed by atoms with Crippen LogP contribution in [-0.4, -0.2) is 76.1 Å². The molecule has 206 valence electrons. The molecule has 3 aromatic rings. The second-order valence-electron chi connectivity index (χ2n) is 8.66. The zero-order valence-corrected chi connectivity index (χ0v) is 22.5. The molecule has 1 aliphatic rings. The van der Waals surface area contributed by atoms with Crippen molar-refractivity contribution in [1.82, 2.24) is 34.7 Å². The lowest BCUT2D eigenvalue weighted by molar-refractivity contribution is 0.0138.